The maximum absolute atomic E-state index is 11.8. The number of thioether (sulfide) groups is 1. The highest BCUT2D eigenvalue weighted by Crippen LogP contribution is 2.22. The van der Waals surface area contributed by atoms with E-state index in [1.165, 1.54) is 18.0 Å². The Morgan fingerprint density at radius 3 is 2.50 bits per heavy atom. The first kappa shape index (κ1) is 18.6. The molecular weight excluding hydrogens is 367 g/mol. The van der Waals surface area contributed by atoms with E-state index in [4.69, 9.17) is 27.9 Å². The molecular formula is C17H16Cl2N2O2S. The van der Waals surface area contributed by atoms with Crippen molar-refractivity contribution in [3.05, 3.63) is 63.6 Å². The normalized spacial score (nSPS) is 10.8. The number of hydrogen-bond donors (Lipinski definition) is 1. The molecule has 0 spiro atoms. The van der Waals surface area contributed by atoms with Crippen LogP contribution in [-0.4, -0.2) is 25.0 Å². The number of benzene rings is 2. The quantitative estimate of drug-likeness (QED) is 0.570. The molecule has 0 radical (unpaired) electrons. The third-order valence-electron chi connectivity index (χ3n) is 3.04. The Hall–Kier alpha value is -1.69. The number of carbonyl (C=O) groups excluding carboxylic acids is 1. The van der Waals surface area contributed by atoms with Crippen molar-refractivity contribution in [3.8, 4) is 5.75 Å². The van der Waals surface area contributed by atoms with Crippen LogP contribution in [0.15, 0.2) is 47.6 Å². The van der Waals surface area contributed by atoms with Gasteiger partial charge in [-0.3, -0.25) is 4.79 Å². The summed E-state index contributed by atoms with van der Waals surface area (Å²) in [6.45, 7) is 0. The first-order valence-corrected chi connectivity index (χ1v) is 8.98. The van der Waals surface area contributed by atoms with Gasteiger partial charge in [0.15, 0.2) is 0 Å². The minimum Gasteiger partial charge on any atom is -0.497 e. The van der Waals surface area contributed by atoms with Gasteiger partial charge in [-0.25, -0.2) is 5.43 Å². The smallest absolute Gasteiger partial charge is 0.250 e. The molecule has 0 heterocycles. The van der Waals surface area contributed by atoms with Crippen molar-refractivity contribution < 1.29 is 9.53 Å². The summed E-state index contributed by atoms with van der Waals surface area (Å²) in [5.74, 6) is 1.67. The van der Waals surface area contributed by atoms with Crippen molar-refractivity contribution >= 4 is 47.1 Å². The summed E-state index contributed by atoms with van der Waals surface area (Å²) in [5, 5.41) is 4.85. The molecule has 0 aliphatic rings. The van der Waals surface area contributed by atoms with E-state index in [2.05, 4.69) is 10.5 Å². The summed E-state index contributed by atoms with van der Waals surface area (Å²) < 4.78 is 5.10. The molecule has 7 heteroatoms. The molecule has 0 unspecified atom stereocenters. The first-order chi connectivity index (χ1) is 11.6. The zero-order valence-electron chi connectivity index (χ0n) is 13.0. The minimum atomic E-state index is -0.187. The average Bonchev–Trinajstić information content (AvgIpc) is 2.58. The lowest BCUT2D eigenvalue weighted by molar-refractivity contribution is -0.118. The third kappa shape index (κ3) is 5.74. The van der Waals surface area contributed by atoms with E-state index in [1.54, 1.807) is 25.3 Å². The molecule has 0 saturated heterocycles. The van der Waals surface area contributed by atoms with Crippen molar-refractivity contribution in [1.82, 2.24) is 5.43 Å². The van der Waals surface area contributed by atoms with Gasteiger partial charge in [-0.1, -0.05) is 41.4 Å². The summed E-state index contributed by atoms with van der Waals surface area (Å²) in [6, 6.07) is 12.9. The maximum Gasteiger partial charge on any atom is 0.250 e. The zero-order valence-corrected chi connectivity index (χ0v) is 15.3. The number of halogens is 2. The molecule has 1 N–H and O–H groups in total. The molecule has 2 aromatic rings. The van der Waals surface area contributed by atoms with E-state index in [0.29, 0.717) is 21.4 Å². The van der Waals surface area contributed by atoms with Crippen LogP contribution in [-0.2, 0) is 10.5 Å². The molecule has 0 saturated carbocycles. The number of amides is 1. The summed E-state index contributed by atoms with van der Waals surface area (Å²) >= 11 is 13.5. The van der Waals surface area contributed by atoms with Gasteiger partial charge in [0.05, 0.1) is 29.1 Å². The second-order valence-electron chi connectivity index (χ2n) is 4.77. The van der Waals surface area contributed by atoms with Gasteiger partial charge in [0.2, 0.25) is 5.91 Å². The molecule has 0 aliphatic carbocycles. The van der Waals surface area contributed by atoms with Crippen LogP contribution in [0.1, 0.15) is 11.1 Å². The zero-order chi connectivity index (χ0) is 17.4. The van der Waals surface area contributed by atoms with Gasteiger partial charge >= 0.3 is 0 Å². The van der Waals surface area contributed by atoms with Crippen molar-refractivity contribution in [3.63, 3.8) is 0 Å². The fourth-order valence-corrected chi connectivity index (χ4v) is 3.09. The second-order valence-corrected chi connectivity index (χ2v) is 6.57. The lowest BCUT2D eigenvalue weighted by Crippen LogP contribution is -2.19. The molecule has 24 heavy (non-hydrogen) atoms. The van der Waals surface area contributed by atoms with Crippen LogP contribution < -0.4 is 10.2 Å². The largest absolute Gasteiger partial charge is 0.497 e. The second kappa shape index (κ2) is 9.57. The van der Waals surface area contributed by atoms with E-state index in [1.807, 2.05) is 24.3 Å². The number of hydrogen-bond acceptors (Lipinski definition) is 4. The van der Waals surface area contributed by atoms with E-state index in [-0.39, 0.29) is 5.91 Å². The number of hydrazone groups is 1. The Balaban J connectivity index is 1.76. The standard InChI is InChI=1S/C17H16Cl2N2O2S/c1-23-13-7-5-12(6-8-13)10-24-11-17(22)21-20-9-14-15(18)3-2-4-16(14)19/h2-9H,10-11H2,1H3,(H,21,22)/b20-9+. The predicted octanol–water partition coefficient (Wildman–Crippen LogP) is 4.39. The third-order valence-corrected chi connectivity index (χ3v) is 4.71. The van der Waals surface area contributed by atoms with Crippen LogP contribution >= 0.6 is 35.0 Å². The van der Waals surface area contributed by atoms with Gasteiger partial charge in [-0.15, -0.1) is 11.8 Å². The van der Waals surface area contributed by atoms with Gasteiger partial charge in [-0.05, 0) is 29.8 Å². The number of nitrogens with zero attached hydrogens (tertiary/aromatic N) is 1. The van der Waals surface area contributed by atoms with Crippen molar-refractivity contribution in [2.45, 2.75) is 5.75 Å². The van der Waals surface area contributed by atoms with Crippen LogP contribution in [0.4, 0.5) is 0 Å². The van der Waals surface area contributed by atoms with E-state index >= 15 is 0 Å². The minimum absolute atomic E-state index is 0.187. The van der Waals surface area contributed by atoms with Crippen LogP contribution in [0.25, 0.3) is 0 Å². The lowest BCUT2D eigenvalue weighted by Gasteiger charge is -2.04. The molecule has 2 aromatic carbocycles. The van der Waals surface area contributed by atoms with Gasteiger partial charge in [0.25, 0.3) is 0 Å². The summed E-state index contributed by atoms with van der Waals surface area (Å²) in [6.07, 6.45) is 1.44. The molecule has 4 nitrogen and oxygen atoms in total. The SMILES string of the molecule is COc1ccc(CSCC(=O)N/N=C/c2c(Cl)cccc2Cl)cc1. The molecule has 0 aromatic heterocycles. The van der Waals surface area contributed by atoms with Gasteiger partial charge in [-0.2, -0.15) is 5.10 Å². The van der Waals surface area contributed by atoms with E-state index in [9.17, 15) is 4.79 Å². The highest BCUT2D eigenvalue weighted by molar-refractivity contribution is 7.99. The molecule has 1 amide bonds. The fraction of sp³-hybridized carbons (Fsp3) is 0.176. The van der Waals surface area contributed by atoms with E-state index < -0.39 is 0 Å². The Morgan fingerprint density at radius 2 is 1.88 bits per heavy atom. The number of carbonyl (C=O) groups is 1. The number of methoxy groups -OCH3 is 1. The fourth-order valence-electron chi connectivity index (χ4n) is 1.82. The lowest BCUT2D eigenvalue weighted by atomic mass is 10.2. The summed E-state index contributed by atoms with van der Waals surface area (Å²) in [4.78, 5) is 11.8. The number of nitrogens with one attached hydrogen (secondary N) is 1. The Morgan fingerprint density at radius 1 is 1.21 bits per heavy atom. The van der Waals surface area contributed by atoms with Crippen LogP contribution in [0.5, 0.6) is 5.75 Å². The molecule has 2 rings (SSSR count). The highest BCUT2D eigenvalue weighted by Gasteiger charge is 2.04. The highest BCUT2D eigenvalue weighted by atomic mass is 35.5. The summed E-state index contributed by atoms with van der Waals surface area (Å²) in [7, 11) is 1.63. The van der Waals surface area contributed by atoms with E-state index in [0.717, 1.165) is 17.1 Å². The molecule has 0 atom stereocenters. The van der Waals surface area contributed by atoms with Crippen molar-refractivity contribution in [2.24, 2.45) is 5.10 Å². The van der Waals surface area contributed by atoms with Gasteiger partial charge in [0, 0.05) is 11.3 Å². The molecule has 0 bridgehead atoms. The van der Waals surface area contributed by atoms with Crippen LogP contribution in [0.2, 0.25) is 10.0 Å². The summed E-state index contributed by atoms with van der Waals surface area (Å²) in [5.41, 5.74) is 4.16. The Bertz CT molecular complexity index is 701. The topological polar surface area (TPSA) is 50.7 Å². The van der Waals surface area contributed by atoms with Crippen molar-refractivity contribution in [2.75, 3.05) is 12.9 Å². The number of ether oxygens (including phenoxy) is 1. The van der Waals surface area contributed by atoms with Crippen LogP contribution in [0, 0.1) is 0 Å². The molecule has 126 valence electrons. The Kier molecular flexibility index (Phi) is 7.43. The number of rotatable bonds is 7. The van der Waals surface area contributed by atoms with Gasteiger partial charge in [0.1, 0.15) is 5.75 Å². The molecule has 0 aliphatic heterocycles. The molecule has 0 fully saturated rings. The average molecular weight is 383 g/mol. The Labute approximate surface area is 155 Å². The first-order valence-electron chi connectivity index (χ1n) is 7.06. The van der Waals surface area contributed by atoms with Crippen molar-refractivity contribution in [1.29, 1.82) is 0 Å². The van der Waals surface area contributed by atoms with Crippen LogP contribution in [0.3, 0.4) is 0 Å². The predicted molar refractivity (Wildman–Crippen MR) is 101 cm³/mol. The monoisotopic (exact) mass is 382 g/mol. The maximum atomic E-state index is 11.8. The van der Waals surface area contributed by atoms with Gasteiger partial charge < -0.3 is 4.74 Å².